The second-order valence-electron chi connectivity index (χ2n) is 7.86. The third-order valence-electron chi connectivity index (χ3n) is 4.97. The lowest BCUT2D eigenvalue weighted by Gasteiger charge is -2.24. The number of nitrogens with zero attached hydrogens (tertiary/aromatic N) is 1. The van der Waals surface area contributed by atoms with Crippen LogP contribution >= 0.6 is 0 Å². The molecule has 1 aliphatic rings. The SMILES string of the molecule is [2H]C(=O)CNC(=O)[C@H](CCCNC(N)=O)CC(=O)[C@@H](NC(=O)CCN1C(=O)C=CC1=O)C(C)C. The molecule has 1 heterocycles. The Morgan fingerprint density at radius 3 is 2.33 bits per heavy atom. The van der Waals surface area contributed by atoms with E-state index in [9.17, 15) is 33.6 Å². The minimum atomic E-state index is -0.994. The summed E-state index contributed by atoms with van der Waals surface area (Å²) in [5.74, 6) is -3.75. The minimum absolute atomic E-state index is 0.130. The first-order chi connectivity index (χ1) is 15.9. The summed E-state index contributed by atoms with van der Waals surface area (Å²) in [4.78, 5) is 83.6. The molecule has 2 atom stereocenters. The number of nitrogens with two attached hydrogens (primary N) is 1. The Morgan fingerprint density at radius 1 is 1.15 bits per heavy atom. The maximum atomic E-state index is 13.0. The van der Waals surface area contributed by atoms with Gasteiger partial charge in [-0.05, 0) is 18.8 Å². The van der Waals surface area contributed by atoms with Crippen LogP contribution in [0.25, 0.3) is 0 Å². The average molecular weight is 467 g/mol. The third kappa shape index (κ3) is 9.62. The number of hydrogen-bond acceptors (Lipinski definition) is 7. The highest BCUT2D eigenvalue weighted by Gasteiger charge is 2.30. The van der Waals surface area contributed by atoms with Gasteiger partial charge in [0.1, 0.15) is 7.63 Å². The highest BCUT2D eigenvalue weighted by atomic mass is 16.2. The molecular formula is C21H31N5O7. The van der Waals surface area contributed by atoms with E-state index in [2.05, 4.69) is 16.0 Å². The molecule has 0 fully saturated rings. The van der Waals surface area contributed by atoms with Gasteiger partial charge in [-0.25, -0.2) is 4.79 Å². The number of aldehydes is 1. The summed E-state index contributed by atoms with van der Waals surface area (Å²) in [7, 11) is 0. The van der Waals surface area contributed by atoms with E-state index in [1.54, 1.807) is 13.8 Å². The lowest BCUT2D eigenvalue weighted by molar-refractivity contribution is -0.137. The van der Waals surface area contributed by atoms with Gasteiger partial charge in [-0.1, -0.05) is 13.8 Å². The number of primary amides is 1. The van der Waals surface area contributed by atoms with Crippen LogP contribution in [0.5, 0.6) is 0 Å². The van der Waals surface area contributed by atoms with Crippen LogP contribution < -0.4 is 21.7 Å². The average Bonchev–Trinajstić information content (AvgIpc) is 3.07. The molecule has 0 spiro atoms. The second-order valence-corrected chi connectivity index (χ2v) is 7.86. The van der Waals surface area contributed by atoms with Crippen molar-refractivity contribution < 1.29 is 34.9 Å². The third-order valence-corrected chi connectivity index (χ3v) is 4.97. The molecule has 182 valence electrons. The predicted molar refractivity (Wildman–Crippen MR) is 116 cm³/mol. The van der Waals surface area contributed by atoms with Crippen molar-refractivity contribution in [1.82, 2.24) is 20.9 Å². The first kappa shape index (κ1) is 25.7. The van der Waals surface area contributed by atoms with Crippen LogP contribution in [0.1, 0.15) is 40.9 Å². The van der Waals surface area contributed by atoms with E-state index in [1.807, 2.05) is 0 Å². The van der Waals surface area contributed by atoms with Crippen LogP contribution in [0.15, 0.2) is 12.2 Å². The highest BCUT2D eigenvalue weighted by Crippen LogP contribution is 2.16. The van der Waals surface area contributed by atoms with Crippen LogP contribution in [-0.2, 0) is 28.8 Å². The Hall–Kier alpha value is -3.57. The van der Waals surface area contributed by atoms with Crippen LogP contribution in [0.2, 0.25) is 0 Å². The van der Waals surface area contributed by atoms with Gasteiger partial charge >= 0.3 is 6.03 Å². The molecule has 0 unspecified atom stereocenters. The fourth-order valence-electron chi connectivity index (χ4n) is 3.25. The van der Waals surface area contributed by atoms with E-state index in [4.69, 9.17) is 7.10 Å². The van der Waals surface area contributed by atoms with Gasteiger partial charge in [0.05, 0.1) is 12.6 Å². The smallest absolute Gasteiger partial charge is 0.312 e. The number of carbonyl (C=O) groups is 7. The second kappa shape index (κ2) is 13.8. The van der Waals surface area contributed by atoms with Crippen molar-refractivity contribution in [3.8, 4) is 0 Å². The van der Waals surface area contributed by atoms with Gasteiger partial charge in [-0.3, -0.25) is 28.9 Å². The Bertz CT molecular complexity index is 840. The molecule has 0 radical (unpaired) electrons. The Labute approximate surface area is 193 Å². The zero-order valence-corrected chi connectivity index (χ0v) is 18.7. The summed E-state index contributed by atoms with van der Waals surface area (Å²) in [6, 6.07) is -1.65. The number of imide groups is 1. The van der Waals surface area contributed by atoms with Crippen LogP contribution in [-0.4, -0.2) is 72.3 Å². The van der Waals surface area contributed by atoms with E-state index in [0.717, 1.165) is 17.1 Å². The van der Waals surface area contributed by atoms with Gasteiger partial charge in [-0.15, -0.1) is 0 Å². The standard InChI is InChI=1S/C21H31N5O7/c1-13(2)19(25-16(29)7-10-26-17(30)5-6-18(26)31)15(28)12-14(20(32)23-9-11-27)4-3-8-24-21(22)33/h5-6,11,13-14,19H,3-4,7-10,12H2,1-2H3,(H,23,32)(H,25,29)(H3,22,24,33)/t14-,19+/m1/s1/i11D. The summed E-state index contributed by atoms with van der Waals surface area (Å²) in [6.45, 7) is 2.97. The normalized spacial score (nSPS) is 15.1. The summed E-state index contributed by atoms with van der Waals surface area (Å²) in [6.07, 6.45) is 1.31. The molecule has 33 heavy (non-hydrogen) atoms. The Balaban J connectivity index is 2.74. The van der Waals surface area contributed by atoms with E-state index in [-0.39, 0.29) is 38.3 Å². The summed E-state index contributed by atoms with van der Waals surface area (Å²) in [5, 5.41) is 7.28. The van der Waals surface area contributed by atoms with Crippen LogP contribution in [0.4, 0.5) is 4.79 Å². The molecule has 0 aromatic rings. The van der Waals surface area contributed by atoms with Crippen molar-refractivity contribution in [2.75, 3.05) is 19.6 Å². The van der Waals surface area contributed by atoms with Gasteiger partial charge in [0.15, 0.2) is 5.78 Å². The largest absolute Gasteiger partial charge is 0.352 e. The zero-order chi connectivity index (χ0) is 25.8. The van der Waals surface area contributed by atoms with E-state index >= 15 is 0 Å². The molecule has 1 aliphatic heterocycles. The molecule has 12 nitrogen and oxygen atoms in total. The molecule has 0 aromatic carbocycles. The van der Waals surface area contributed by atoms with Crippen molar-refractivity contribution in [3.05, 3.63) is 12.2 Å². The molecule has 0 saturated carbocycles. The zero-order valence-electron chi connectivity index (χ0n) is 19.7. The molecule has 0 aliphatic carbocycles. The van der Waals surface area contributed by atoms with Crippen molar-refractivity contribution >= 4 is 41.7 Å². The lowest BCUT2D eigenvalue weighted by atomic mass is 9.89. The van der Waals surface area contributed by atoms with E-state index < -0.39 is 60.2 Å². The van der Waals surface area contributed by atoms with Crippen molar-refractivity contribution in [2.45, 2.75) is 45.6 Å². The maximum Gasteiger partial charge on any atom is 0.312 e. The molecule has 0 aromatic heterocycles. The van der Waals surface area contributed by atoms with Gasteiger partial charge in [0.2, 0.25) is 11.8 Å². The maximum absolute atomic E-state index is 13.0. The van der Waals surface area contributed by atoms with Crippen molar-refractivity contribution in [2.24, 2.45) is 17.6 Å². The van der Waals surface area contributed by atoms with Gasteiger partial charge in [0.25, 0.3) is 11.8 Å². The van der Waals surface area contributed by atoms with Crippen LogP contribution in [0.3, 0.4) is 0 Å². The molecule has 1 rings (SSSR count). The lowest BCUT2D eigenvalue weighted by Crippen LogP contribution is -2.47. The Kier molecular flexibility index (Phi) is 10.7. The van der Waals surface area contributed by atoms with Gasteiger partial charge < -0.3 is 26.5 Å². The number of ketones is 1. The van der Waals surface area contributed by atoms with Crippen LogP contribution in [0, 0.1) is 11.8 Å². The highest BCUT2D eigenvalue weighted by molar-refractivity contribution is 6.13. The topological polar surface area (TPSA) is 185 Å². The summed E-state index contributed by atoms with van der Waals surface area (Å²) >= 11 is 0. The first-order valence-corrected chi connectivity index (χ1v) is 10.6. The Morgan fingerprint density at radius 2 is 1.79 bits per heavy atom. The molecule has 6 amide bonds. The number of urea groups is 1. The molecular weight excluding hydrogens is 434 g/mol. The van der Waals surface area contributed by atoms with E-state index in [1.165, 1.54) is 0 Å². The first-order valence-electron chi connectivity index (χ1n) is 11.1. The fourth-order valence-corrected chi connectivity index (χ4v) is 3.25. The van der Waals surface area contributed by atoms with E-state index in [0.29, 0.717) is 6.42 Å². The summed E-state index contributed by atoms with van der Waals surface area (Å²) in [5.41, 5.74) is 5.00. The molecule has 12 heteroatoms. The van der Waals surface area contributed by atoms with Crippen molar-refractivity contribution in [3.63, 3.8) is 0 Å². The monoisotopic (exact) mass is 466 g/mol. The van der Waals surface area contributed by atoms with Gasteiger partial charge in [0, 0.05) is 44.0 Å². The number of carbonyl (C=O) groups excluding carboxylic acids is 7. The number of nitrogens with one attached hydrogen (secondary N) is 3. The molecule has 0 saturated heterocycles. The number of amides is 6. The quantitative estimate of drug-likeness (QED) is 0.132. The predicted octanol–water partition coefficient (Wildman–Crippen LogP) is -1.22. The number of Topliss-reactive ketones (excluding diaryl/α,β-unsaturated/α-hetero) is 1. The fraction of sp³-hybridized carbons (Fsp3) is 0.571. The van der Waals surface area contributed by atoms with Crippen molar-refractivity contribution in [1.29, 1.82) is 0 Å². The minimum Gasteiger partial charge on any atom is -0.352 e. The summed E-state index contributed by atoms with van der Waals surface area (Å²) < 4.78 is 6.92. The number of rotatable bonds is 15. The molecule has 5 N–H and O–H groups in total. The number of hydrogen-bond donors (Lipinski definition) is 4. The molecule has 0 bridgehead atoms. The van der Waals surface area contributed by atoms with Gasteiger partial charge in [-0.2, -0.15) is 0 Å².